The van der Waals surface area contributed by atoms with Gasteiger partial charge < -0.3 is 10.2 Å². The molecular formula is C22H28N6O2. The van der Waals surface area contributed by atoms with E-state index in [1.807, 2.05) is 30.3 Å². The number of imidazole rings is 1. The van der Waals surface area contributed by atoms with Gasteiger partial charge in [-0.15, -0.1) is 0 Å². The highest BCUT2D eigenvalue weighted by Gasteiger charge is 2.22. The number of aromatic nitrogens is 4. The number of hydrogen-bond donors (Lipinski definition) is 1. The minimum Gasteiger partial charge on any atom is -0.353 e. The van der Waals surface area contributed by atoms with Crippen LogP contribution in [0.3, 0.4) is 0 Å². The lowest BCUT2D eigenvalue weighted by Crippen LogP contribution is -2.45. The molecule has 1 aromatic carbocycles. The molecule has 1 N–H and O–H groups in total. The Balaban J connectivity index is 1.34. The predicted octanol–water partition coefficient (Wildman–Crippen LogP) is 2.18. The van der Waals surface area contributed by atoms with Crippen LogP contribution in [0, 0.1) is 0 Å². The summed E-state index contributed by atoms with van der Waals surface area (Å²) in [5, 5.41) is 3.13. The Kier molecular flexibility index (Phi) is 6.11. The van der Waals surface area contributed by atoms with Gasteiger partial charge in [0.1, 0.15) is 0 Å². The van der Waals surface area contributed by atoms with Gasteiger partial charge in [0.25, 0.3) is 0 Å². The number of carbonyl (C=O) groups is 1. The first-order valence-corrected chi connectivity index (χ1v) is 10.7. The van der Waals surface area contributed by atoms with Crippen LogP contribution in [-0.4, -0.2) is 44.1 Å². The standard InChI is InChI=1S/C22H28N6O2/c1-2-13-27-18-6-3-4-7-19(18)28(22(27)30)16-10-20(29)25-17-8-14-26(15-9-17)21-23-11-5-12-24-21/h3-7,11-12,17H,2,8-10,13-16H2,1H3,(H,25,29). The predicted molar refractivity (Wildman–Crippen MR) is 117 cm³/mol. The molecule has 0 spiro atoms. The van der Waals surface area contributed by atoms with Crippen molar-refractivity contribution in [3.63, 3.8) is 0 Å². The van der Waals surface area contributed by atoms with E-state index in [4.69, 9.17) is 0 Å². The number of amides is 1. The largest absolute Gasteiger partial charge is 0.353 e. The summed E-state index contributed by atoms with van der Waals surface area (Å²) < 4.78 is 3.52. The molecule has 1 fully saturated rings. The smallest absolute Gasteiger partial charge is 0.329 e. The summed E-state index contributed by atoms with van der Waals surface area (Å²) in [6.07, 6.45) is 6.40. The van der Waals surface area contributed by atoms with E-state index in [0.29, 0.717) is 19.5 Å². The van der Waals surface area contributed by atoms with E-state index in [1.165, 1.54) is 0 Å². The van der Waals surface area contributed by atoms with E-state index in [-0.39, 0.29) is 17.6 Å². The first kappa shape index (κ1) is 20.1. The second kappa shape index (κ2) is 9.11. The fourth-order valence-electron chi connectivity index (χ4n) is 4.12. The van der Waals surface area contributed by atoms with E-state index in [2.05, 4.69) is 27.1 Å². The van der Waals surface area contributed by atoms with Crippen molar-refractivity contribution in [2.45, 2.75) is 51.7 Å². The zero-order valence-corrected chi connectivity index (χ0v) is 17.3. The Morgan fingerprint density at radius 3 is 2.30 bits per heavy atom. The van der Waals surface area contributed by atoms with Crippen LogP contribution in [0.15, 0.2) is 47.5 Å². The van der Waals surface area contributed by atoms with E-state index in [0.717, 1.165) is 49.3 Å². The van der Waals surface area contributed by atoms with E-state index in [9.17, 15) is 9.59 Å². The van der Waals surface area contributed by atoms with Gasteiger partial charge in [0.15, 0.2) is 0 Å². The Morgan fingerprint density at radius 1 is 1.03 bits per heavy atom. The Hall–Kier alpha value is -3.16. The van der Waals surface area contributed by atoms with Crippen LogP contribution in [0.5, 0.6) is 0 Å². The third-order valence-corrected chi connectivity index (χ3v) is 5.63. The van der Waals surface area contributed by atoms with Crippen LogP contribution in [0.1, 0.15) is 32.6 Å². The maximum Gasteiger partial charge on any atom is 0.329 e. The minimum absolute atomic E-state index is 0.0105. The molecule has 3 heterocycles. The molecule has 0 unspecified atom stereocenters. The lowest BCUT2D eigenvalue weighted by atomic mass is 10.1. The number of nitrogens with one attached hydrogen (secondary N) is 1. The van der Waals surface area contributed by atoms with Crippen LogP contribution in [-0.2, 0) is 17.9 Å². The fraction of sp³-hybridized carbons (Fsp3) is 0.455. The molecular weight excluding hydrogens is 380 g/mol. The van der Waals surface area contributed by atoms with Gasteiger partial charge in [-0.25, -0.2) is 14.8 Å². The molecule has 3 aromatic rings. The molecule has 4 rings (SSSR count). The average molecular weight is 409 g/mol. The normalized spacial score (nSPS) is 14.9. The average Bonchev–Trinajstić information content (AvgIpc) is 3.05. The highest BCUT2D eigenvalue weighted by atomic mass is 16.2. The van der Waals surface area contributed by atoms with Crippen LogP contribution in [0.2, 0.25) is 0 Å². The number of hydrogen-bond acceptors (Lipinski definition) is 5. The molecule has 8 nitrogen and oxygen atoms in total. The second-order valence-corrected chi connectivity index (χ2v) is 7.70. The molecule has 0 aliphatic carbocycles. The van der Waals surface area contributed by atoms with Gasteiger partial charge in [-0.05, 0) is 37.5 Å². The van der Waals surface area contributed by atoms with Crippen LogP contribution in [0.4, 0.5) is 5.95 Å². The highest BCUT2D eigenvalue weighted by molar-refractivity contribution is 5.78. The van der Waals surface area contributed by atoms with Crippen molar-refractivity contribution in [1.82, 2.24) is 24.4 Å². The van der Waals surface area contributed by atoms with Crippen molar-refractivity contribution < 1.29 is 4.79 Å². The first-order chi connectivity index (χ1) is 14.7. The Labute approximate surface area is 175 Å². The molecule has 2 aromatic heterocycles. The molecule has 1 aliphatic heterocycles. The number of carbonyl (C=O) groups excluding carboxylic acids is 1. The molecule has 0 saturated carbocycles. The van der Waals surface area contributed by atoms with Crippen molar-refractivity contribution in [3.8, 4) is 0 Å². The molecule has 30 heavy (non-hydrogen) atoms. The third-order valence-electron chi connectivity index (χ3n) is 5.63. The number of nitrogens with zero attached hydrogens (tertiary/aromatic N) is 5. The van der Waals surface area contributed by atoms with Crippen molar-refractivity contribution in [3.05, 3.63) is 53.2 Å². The second-order valence-electron chi connectivity index (χ2n) is 7.70. The Morgan fingerprint density at radius 2 is 1.67 bits per heavy atom. The summed E-state index contributed by atoms with van der Waals surface area (Å²) in [7, 11) is 0. The van der Waals surface area contributed by atoms with Gasteiger partial charge in [-0.1, -0.05) is 19.1 Å². The number of anilines is 1. The fourth-order valence-corrected chi connectivity index (χ4v) is 4.12. The van der Waals surface area contributed by atoms with Gasteiger partial charge in [0.2, 0.25) is 11.9 Å². The quantitative estimate of drug-likeness (QED) is 0.648. The van der Waals surface area contributed by atoms with Crippen molar-refractivity contribution >= 4 is 22.9 Å². The van der Waals surface area contributed by atoms with Crippen molar-refractivity contribution in [1.29, 1.82) is 0 Å². The van der Waals surface area contributed by atoms with Gasteiger partial charge in [0, 0.05) is 51.0 Å². The van der Waals surface area contributed by atoms with Crippen LogP contribution >= 0.6 is 0 Å². The summed E-state index contributed by atoms with van der Waals surface area (Å²) in [6, 6.07) is 9.74. The summed E-state index contributed by atoms with van der Waals surface area (Å²) >= 11 is 0. The van der Waals surface area contributed by atoms with E-state index < -0.39 is 0 Å². The summed E-state index contributed by atoms with van der Waals surface area (Å²) in [6.45, 7) is 4.76. The molecule has 0 bridgehead atoms. The molecule has 158 valence electrons. The topological polar surface area (TPSA) is 85.0 Å². The number of para-hydroxylation sites is 2. The minimum atomic E-state index is -0.0398. The lowest BCUT2D eigenvalue weighted by molar-refractivity contribution is -0.122. The SMILES string of the molecule is CCCn1c(=O)n(CCC(=O)NC2CCN(c3ncccn3)CC2)c2ccccc21. The highest BCUT2D eigenvalue weighted by Crippen LogP contribution is 2.16. The van der Waals surface area contributed by atoms with Crippen LogP contribution in [0.25, 0.3) is 11.0 Å². The summed E-state index contributed by atoms with van der Waals surface area (Å²) in [5.41, 5.74) is 1.78. The molecule has 8 heteroatoms. The first-order valence-electron chi connectivity index (χ1n) is 10.7. The van der Waals surface area contributed by atoms with Crippen LogP contribution < -0.4 is 15.9 Å². The maximum atomic E-state index is 12.8. The molecule has 0 atom stereocenters. The summed E-state index contributed by atoms with van der Waals surface area (Å²) in [5.74, 6) is 0.730. The van der Waals surface area contributed by atoms with Gasteiger partial charge in [-0.3, -0.25) is 13.9 Å². The Bertz CT molecular complexity index is 1050. The number of aryl methyl sites for hydroxylation is 2. The molecule has 1 saturated heterocycles. The number of benzene rings is 1. The molecule has 1 amide bonds. The van der Waals surface area contributed by atoms with Crippen molar-refractivity contribution in [2.24, 2.45) is 0 Å². The maximum absolute atomic E-state index is 12.8. The number of rotatable bonds is 7. The van der Waals surface area contributed by atoms with Gasteiger partial charge in [0.05, 0.1) is 11.0 Å². The van der Waals surface area contributed by atoms with Crippen molar-refractivity contribution in [2.75, 3.05) is 18.0 Å². The van der Waals surface area contributed by atoms with E-state index >= 15 is 0 Å². The number of fused-ring (bicyclic) bond motifs is 1. The molecule has 0 radical (unpaired) electrons. The number of piperidine rings is 1. The zero-order chi connectivity index (χ0) is 20.9. The van der Waals surface area contributed by atoms with Gasteiger partial charge in [-0.2, -0.15) is 0 Å². The molecule has 1 aliphatic rings. The monoisotopic (exact) mass is 408 g/mol. The van der Waals surface area contributed by atoms with Gasteiger partial charge >= 0.3 is 5.69 Å². The summed E-state index contributed by atoms with van der Waals surface area (Å²) in [4.78, 5) is 36.1. The third kappa shape index (κ3) is 4.22. The lowest BCUT2D eigenvalue weighted by Gasteiger charge is -2.32. The van der Waals surface area contributed by atoms with E-state index in [1.54, 1.807) is 21.5 Å². The zero-order valence-electron chi connectivity index (χ0n) is 17.3.